The van der Waals surface area contributed by atoms with Crippen LogP contribution in [0.3, 0.4) is 0 Å². The number of benzene rings is 2. The van der Waals surface area contributed by atoms with E-state index in [0.717, 1.165) is 12.0 Å². The summed E-state index contributed by atoms with van der Waals surface area (Å²) in [7, 11) is 0. The highest BCUT2D eigenvalue weighted by Crippen LogP contribution is 2.30. The van der Waals surface area contributed by atoms with Crippen LogP contribution in [0.5, 0.6) is 0 Å². The van der Waals surface area contributed by atoms with Crippen LogP contribution in [-0.4, -0.2) is 30.1 Å². The first-order valence-electron chi connectivity index (χ1n) is 9.32. The lowest BCUT2D eigenvalue weighted by atomic mass is 9.78. The third-order valence-electron chi connectivity index (χ3n) is 5.39. The number of rotatable bonds is 7. The van der Waals surface area contributed by atoms with Gasteiger partial charge in [0.25, 0.3) is 0 Å². The highest BCUT2D eigenvalue weighted by molar-refractivity contribution is 5.83. The fourth-order valence-corrected chi connectivity index (χ4v) is 3.67. The van der Waals surface area contributed by atoms with Gasteiger partial charge >= 0.3 is 5.97 Å². The summed E-state index contributed by atoms with van der Waals surface area (Å²) in [6.45, 7) is 2.47. The van der Waals surface area contributed by atoms with E-state index >= 15 is 0 Å². The van der Waals surface area contributed by atoms with Gasteiger partial charge in [-0.25, -0.2) is 0 Å². The Labute approximate surface area is 159 Å². The molecule has 1 aliphatic heterocycles. The Hall–Kier alpha value is -2.66. The molecule has 2 aromatic rings. The van der Waals surface area contributed by atoms with E-state index in [9.17, 15) is 14.7 Å². The van der Waals surface area contributed by atoms with Crippen LogP contribution in [0.4, 0.5) is 0 Å². The molecule has 0 aliphatic carbocycles. The van der Waals surface area contributed by atoms with Gasteiger partial charge < -0.3 is 15.2 Å². The van der Waals surface area contributed by atoms with E-state index in [0.29, 0.717) is 18.6 Å². The van der Waals surface area contributed by atoms with Gasteiger partial charge in [-0.3, -0.25) is 9.59 Å². The van der Waals surface area contributed by atoms with Crippen molar-refractivity contribution in [2.24, 2.45) is 0 Å². The molecule has 27 heavy (non-hydrogen) atoms. The molecule has 3 rings (SSSR count). The summed E-state index contributed by atoms with van der Waals surface area (Å²) in [5, 5.41) is 12.7. The number of fused-ring (bicyclic) bond motifs is 1. The van der Waals surface area contributed by atoms with Gasteiger partial charge in [0.2, 0.25) is 5.91 Å². The number of hydrogen-bond donors (Lipinski definition) is 2. The zero-order valence-electron chi connectivity index (χ0n) is 15.5. The average molecular weight is 367 g/mol. The van der Waals surface area contributed by atoms with Crippen molar-refractivity contribution in [3.05, 3.63) is 71.3 Å². The standard InChI is InChI=1S/C22H25NO4/c1-2-22(21(25)26,17-9-4-3-5-10-17)15-23-20(24)14-19-18-11-7-6-8-16(18)12-13-27-19/h3-11,19H,2,12-15H2,1H3,(H,23,24)(H,25,26). The number of ether oxygens (including phenoxy) is 1. The Morgan fingerprint density at radius 3 is 2.56 bits per heavy atom. The molecule has 1 amide bonds. The molecule has 2 N–H and O–H groups in total. The van der Waals surface area contributed by atoms with E-state index in [2.05, 4.69) is 11.4 Å². The molecule has 0 bridgehead atoms. The van der Waals surface area contributed by atoms with Crippen molar-refractivity contribution in [2.45, 2.75) is 37.7 Å². The van der Waals surface area contributed by atoms with E-state index in [4.69, 9.17) is 4.74 Å². The molecule has 142 valence electrons. The Bertz CT molecular complexity index is 805. The maximum Gasteiger partial charge on any atom is 0.315 e. The second-order valence-electron chi connectivity index (χ2n) is 6.90. The lowest BCUT2D eigenvalue weighted by molar-refractivity contribution is -0.144. The van der Waals surface area contributed by atoms with Crippen molar-refractivity contribution in [3.8, 4) is 0 Å². The van der Waals surface area contributed by atoms with Crippen molar-refractivity contribution < 1.29 is 19.4 Å². The first-order valence-corrected chi connectivity index (χ1v) is 9.32. The third-order valence-corrected chi connectivity index (χ3v) is 5.39. The van der Waals surface area contributed by atoms with Crippen molar-refractivity contribution in [1.82, 2.24) is 5.32 Å². The normalized spacial score (nSPS) is 18.2. The van der Waals surface area contributed by atoms with Crippen LogP contribution in [0.1, 0.15) is 42.6 Å². The van der Waals surface area contributed by atoms with Gasteiger partial charge in [0.1, 0.15) is 5.41 Å². The predicted octanol–water partition coefficient (Wildman–Crippen LogP) is 3.24. The minimum Gasteiger partial charge on any atom is -0.481 e. The Balaban J connectivity index is 1.70. The molecule has 2 atom stereocenters. The van der Waals surface area contributed by atoms with E-state index in [1.54, 1.807) is 12.1 Å². The molecule has 2 aromatic carbocycles. The van der Waals surface area contributed by atoms with E-state index < -0.39 is 11.4 Å². The Kier molecular flexibility index (Phi) is 5.91. The molecule has 0 saturated heterocycles. The summed E-state index contributed by atoms with van der Waals surface area (Å²) in [4.78, 5) is 24.6. The van der Waals surface area contributed by atoms with E-state index in [-0.39, 0.29) is 25.0 Å². The molecule has 1 aliphatic rings. The van der Waals surface area contributed by atoms with Crippen LogP contribution in [0, 0.1) is 0 Å². The van der Waals surface area contributed by atoms with Gasteiger partial charge in [0.05, 0.1) is 19.1 Å². The third kappa shape index (κ3) is 4.03. The van der Waals surface area contributed by atoms with E-state index in [1.807, 2.05) is 43.3 Å². The highest BCUT2D eigenvalue weighted by Gasteiger charge is 2.39. The average Bonchev–Trinajstić information content (AvgIpc) is 2.70. The number of carbonyl (C=O) groups excluding carboxylic acids is 1. The van der Waals surface area contributed by atoms with Crippen LogP contribution < -0.4 is 5.32 Å². The number of amides is 1. The molecular weight excluding hydrogens is 342 g/mol. The van der Waals surface area contributed by atoms with E-state index in [1.165, 1.54) is 5.56 Å². The van der Waals surface area contributed by atoms with Gasteiger partial charge in [0.15, 0.2) is 0 Å². The molecule has 0 spiro atoms. The molecule has 0 aromatic heterocycles. The minimum absolute atomic E-state index is 0.0516. The minimum atomic E-state index is -1.14. The van der Waals surface area contributed by atoms with Crippen LogP contribution in [-0.2, 0) is 26.2 Å². The molecule has 0 saturated carbocycles. The summed E-state index contributed by atoms with van der Waals surface area (Å²) in [6.07, 6.45) is 1.13. The second kappa shape index (κ2) is 8.35. The van der Waals surface area contributed by atoms with Crippen LogP contribution in [0.25, 0.3) is 0 Å². The lowest BCUT2D eigenvalue weighted by Crippen LogP contribution is -2.46. The van der Waals surface area contributed by atoms with Gasteiger partial charge in [0, 0.05) is 6.54 Å². The molecule has 0 radical (unpaired) electrons. The largest absolute Gasteiger partial charge is 0.481 e. The van der Waals surface area contributed by atoms with Gasteiger partial charge in [-0.15, -0.1) is 0 Å². The topological polar surface area (TPSA) is 75.6 Å². The zero-order valence-corrected chi connectivity index (χ0v) is 15.5. The molecule has 5 heteroatoms. The summed E-state index contributed by atoms with van der Waals surface area (Å²) in [5.74, 6) is -1.14. The first-order chi connectivity index (χ1) is 13.1. The number of carboxylic acids is 1. The number of nitrogens with one attached hydrogen (secondary N) is 1. The van der Waals surface area contributed by atoms with Crippen molar-refractivity contribution in [2.75, 3.05) is 13.2 Å². The highest BCUT2D eigenvalue weighted by atomic mass is 16.5. The van der Waals surface area contributed by atoms with Gasteiger partial charge in [-0.05, 0) is 29.5 Å². The zero-order chi connectivity index (χ0) is 19.3. The van der Waals surface area contributed by atoms with Crippen molar-refractivity contribution in [1.29, 1.82) is 0 Å². The Morgan fingerprint density at radius 1 is 1.15 bits per heavy atom. The molecule has 1 heterocycles. The number of hydrogen-bond acceptors (Lipinski definition) is 3. The smallest absolute Gasteiger partial charge is 0.315 e. The fraction of sp³-hybridized carbons (Fsp3) is 0.364. The number of aliphatic carboxylic acids is 1. The summed E-state index contributed by atoms with van der Waals surface area (Å²) >= 11 is 0. The van der Waals surface area contributed by atoms with Crippen LogP contribution in [0.2, 0.25) is 0 Å². The number of carbonyl (C=O) groups is 2. The molecule has 5 nitrogen and oxygen atoms in total. The summed E-state index contributed by atoms with van der Waals surface area (Å²) in [6, 6.07) is 17.1. The summed E-state index contributed by atoms with van der Waals surface area (Å²) < 4.78 is 5.79. The second-order valence-corrected chi connectivity index (χ2v) is 6.90. The number of carboxylic acid groups (broad SMARTS) is 1. The molecule has 0 fully saturated rings. The van der Waals surface area contributed by atoms with Gasteiger partial charge in [-0.1, -0.05) is 61.5 Å². The quantitative estimate of drug-likeness (QED) is 0.788. The van der Waals surface area contributed by atoms with Gasteiger partial charge in [-0.2, -0.15) is 0 Å². The summed E-state index contributed by atoms with van der Waals surface area (Å²) in [5.41, 5.74) is 1.81. The molecular formula is C22H25NO4. The van der Waals surface area contributed by atoms with Crippen LogP contribution >= 0.6 is 0 Å². The van der Waals surface area contributed by atoms with Crippen LogP contribution in [0.15, 0.2) is 54.6 Å². The Morgan fingerprint density at radius 2 is 1.85 bits per heavy atom. The maximum absolute atomic E-state index is 12.6. The van der Waals surface area contributed by atoms with Crippen molar-refractivity contribution in [3.63, 3.8) is 0 Å². The predicted molar refractivity (Wildman–Crippen MR) is 103 cm³/mol. The van der Waals surface area contributed by atoms with Crippen molar-refractivity contribution >= 4 is 11.9 Å². The maximum atomic E-state index is 12.6. The molecule has 2 unspecified atom stereocenters. The SMILES string of the molecule is CCC(CNC(=O)CC1OCCc2ccccc21)(C(=O)O)c1ccccc1. The fourth-order valence-electron chi connectivity index (χ4n) is 3.67. The lowest BCUT2D eigenvalue weighted by Gasteiger charge is -2.30. The first kappa shape index (κ1) is 19.1. The monoisotopic (exact) mass is 367 g/mol.